The molecule has 1 amide bonds. The maximum Gasteiger partial charge on any atom is 0.238 e. The van der Waals surface area contributed by atoms with E-state index < -0.39 is 0 Å². The average molecular weight is 418 g/mol. The molecule has 144 valence electrons. The van der Waals surface area contributed by atoms with Gasteiger partial charge in [0, 0.05) is 16.3 Å². The Hall–Kier alpha value is -2.70. The van der Waals surface area contributed by atoms with E-state index in [0.29, 0.717) is 6.04 Å². The molecule has 0 radical (unpaired) electrons. The fourth-order valence-electron chi connectivity index (χ4n) is 3.19. The maximum absolute atomic E-state index is 13.0. The van der Waals surface area contributed by atoms with Crippen LogP contribution in [0.4, 0.5) is 0 Å². The van der Waals surface area contributed by atoms with Crippen LogP contribution < -0.4 is 5.32 Å². The second-order valence-electron chi connectivity index (χ2n) is 7.07. The summed E-state index contributed by atoms with van der Waals surface area (Å²) in [6.07, 6.45) is 3.73. The van der Waals surface area contributed by atoms with Crippen LogP contribution in [0.2, 0.25) is 0 Å². The summed E-state index contributed by atoms with van der Waals surface area (Å²) >= 11 is 3.15. The first-order chi connectivity index (χ1) is 14.3. The number of amides is 1. The Morgan fingerprint density at radius 2 is 1.76 bits per heavy atom. The van der Waals surface area contributed by atoms with Crippen molar-refractivity contribution >= 4 is 39.2 Å². The van der Waals surface area contributed by atoms with Crippen LogP contribution in [-0.4, -0.2) is 21.9 Å². The van der Waals surface area contributed by atoms with Gasteiger partial charge < -0.3 is 5.32 Å². The van der Waals surface area contributed by atoms with Crippen molar-refractivity contribution in [3.8, 4) is 10.4 Å². The van der Waals surface area contributed by atoms with Gasteiger partial charge >= 0.3 is 0 Å². The molecular formula is C23H19N3OS2. The van der Waals surface area contributed by atoms with Crippen molar-refractivity contribution in [3.63, 3.8) is 0 Å². The van der Waals surface area contributed by atoms with Crippen LogP contribution in [0.25, 0.3) is 20.7 Å². The third-order valence-electron chi connectivity index (χ3n) is 4.84. The number of nitrogens with zero attached hydrogens (tertiary/aromatic N) is 2. The van der Waals surface area contributed by atoms with Crippen LogP contribution >= 0.6 is 23.1 Å². The fourth-order valence-corrected chi connectivity index (χ4v) is 5.34. The van der Waals surface area contributed by atoms with Crippen molar-refractivity contribution in [2.75, 3.05) is 0 Å². The van der Waals surface area contributed by atoms with Gasteiger partial charge in [0.05, 0.1) is 0 Å². The molecule has 1 aliphatic rings. The molecule has 0 spiro atoms. The molecule has 0 aliphatic heterocycles. The zero-order chi connectivity index (χ0) is 19.6. The molecule has 2 aromatic carbocycles. The van der Waals surface area contributed by atoms with E-state index in [1.807, 2.05) is 48.5 Å². The number of fused-ring (bicyclic) bond motifs is 1. The van der Waals surface area contributed by atoms with E-state index in [1.54, 1.807) is 17.7 Å². The van der Waals surface area contributed by atoms with Gasteiger partial charge in [0.1, 0.15) is 21.4 Å². The number of thioether (sulfide) groups is 1. The van der Waals surface area contributed by atoms with E-state index in [-0.39, 0.29) is 11.2 Å². The molecule has 1 aliphatic carbocycles. The van der Waals surface area contributed by atoms with Gasteiger partial charge in [-0.05, 0) is 30.0 Å². The molecule has 5 rings (SSSR count). The smallest absolute Gasteiger partial charge is 0.238 e. The lowest BCUT2D eigenvalue weighted by atomic mass is 10.1. The van der Waals surface area contributed by atoms with Gasteiger partial charge in [-0.15, -0.1) is 11.3 Å². The Morgan fingerprint density at radius 3 is 2.48 bits per heavy atom. The van der Waals surface area contributed by atoms with Crippen LogP contribution in [0.3, 0.4) is 0 Å². The van der Waals surface area contributed by atoms with Crippen LogP contribution in [0.15, 0.2) is 78.1 Å². The van der Waals surface area contributed by atoms with E-state index >= 15 is 0 Å². The first-order valence-electron chi connectivity index (χ1n) is 9.60. The SMILES string of the molecule is O=C(NC1CC1)[C@H](Sc1ncnc2sc(-c3ccccc3)cc12)c1ccccc1. The predicted octanol–water partition coefficient (Wildman–Crippen LogP) is 5.47. The van der Waals surface area contributed by atoms with Gasteiger partial charge in [-0.3, -0.25) is 4.79 Å². The van der Waals surface area contributed by atoms with Gasteiger partial charge in [-0.2, -0.15) is 0 Å². The number of thiophene rings is 1. The average Bonchev–Trinajstić information content (AvgIpc) is 3.47. The van der Waals surface area contributed by atoms with E-state index in [9.17, 15) is 4.79 Å². The fraction of sp³-hybridized carbons (Fsp3) is 0.174. The molecule has 6 heteroatoms. The lowest BCUT2D eigenvalue weighted by Crippen LogP contribution is -2.29. The molecule has 4 aromatic rings. The second-order valence-corrected chi connectivity index (χ2v) is 9.19. The quantitative estimate of drug-likeness (QED) is 0.334. The Bertz CT molecular complexity index is 1140. The summed E-state index contributed by atoms with van der Waals surface area (Å²) in [4.78, 5) is 24.1. The second kappa shape index (κ2) is 7.97. The number of rotatable bonds is 6. The number of aromatic nitrogens is 2. The Balaban J connectivity index is 1.51. The molecule has 29 heavy (non-hydrogen) atoms. The maximum atomic E-state index is 13.0. The van der Waals surface area contributed by atoms with E-state index in [0.717, 1.165) is 44.1 Å². The van der Waals surface area contributed by atoms with Crippen LogP contribution in [0.5, 0.6) is 0 Å². The summed E-state index contributed by atoms with van der Waals surface area (Å²) in [5.74, 6) is 0.0500. The Morgan fingerprint density at radius 1 is 1.03 bits per heavy atom. The minimum absolute atomic E-state index is 0.0500. The van der Waals surface area contributed by atoms with Crippen molar-refractivity contribution in [1.82, 2.24) is 15.3 Å². The Kier molecular flexibility index (Phi) is 5.04. The summed E-state index contributed by atoms with van der Waals surface area (Å²) < 4.78 is 0. The Labute approximate surface area is 177 Å². The van der Waals surface area contributed by atoms with Crippen LogP contribution in [0, 0.1) is 0 Å². The van der Waals surface area contributed by atoms with Crippen molar-refractivity contribution < 1.29 is 4.79 Å². The van der Waals surface area contributed by atoms with E-state index in [2.05, 4.69) is 33.5 Å². The van der Waals surface area contributed by atoms with Gasteiger partial charge in [0.2, 0.25) is 5.91 Å². The van der Waals surface area contributed by atoms with Crippen molar-refractivity contribution in [3.05, 3.63) is 78.6 Å². The molecule has 0 unspecified atom stereocenters. The van der Waals surface area contributed by atoms with Crippen LogP contribution in [0.1, 0.15) is 23.7 Å². The summed E-state index contributed by atoms with van der Waals surface area (Å²) in [5.41, 5.74) is 2.15. The number of hydrogen-bond donors (Lipinski definition) is 1. The molecule has 1 atom stereocenters. The molecular weight excluding hydrogens is 398 g/mol. The molecule has 4 nitrogen and oxygen atoms in total. The number of hydrogen-bond acceptors (Lipinski definition) is 5. The molecule has 1 saturated carbocycles. The highest BCUT2D eigenvalue weighted by atomic mass is 32.2. The number of nitrogens with one attached hydrogen (secondary N) is 1. The lowest BCUT2D eigenvalue weighted by molar-refractivity contribution is -0.120. The minimum Gasteiger partial charge on any atom is -0.352 e. The molecule has 0 bridgehead atoms. The molecule has 0 saturated heterocycles. The summed E-state index contributed by atoms with van der Waals surface area (Å²) in [7, 11) is 0. The molecule has 1 N–H and O–H groups in total. The van der Waals surface area contributed by atoms with Crippen molar-refractivity contribution in [1.29, 1.82) is 0 Å². The number of benzene rings is 2. The predicted molar refractivity (Wildman–Crippen MR) is 119 cm³/mol. The van der Waals surface area contributed by atoms with Gasteiger partial charge in [-0.25, -0.2) is 9.97 Å². The first-order valence-corrected chi connectivity index (χ1v) is 11.3. The monoisotopic (exact) mass is 417 g/mol. The molecule has 2 aromatic heterocycles. The number of carbonyl (C=O) groups is 1. The molecule has 1 fully saturated rings. The highest BCUT2D eigenvalue weighted by Gasteiger charge is 2.30. The van der Waals surface area contributed by atoms with E-state index in [4.69, 9.17) is 0 Å². The highest BCUT2D eigenvalue weighted by molar-refractivity contribution is 8.00. The third-order valence-corrected chi connectivity index (χ3v) is 7.21. The first kappa shape index (κ1) is 18.3. The van der Waals surface area contributed by atoms with Gasteiger partial charge in [-0.1, -0.05) is 72.4 Å². The van der Waals surface area contributed by atoms with Crippen molar-refractivity contribution in [2.24, 2.45) is 0 Å². The van der Waals surface area contributed by atoms with Gasteiger partial charge in [0.25, 0.3) is 0 Å². The zero-order valence-electron chi connectivity index (χ0n) is 15.6. The van der Waals surface area contributed by atoms with Crippen molar-refractivity contribution in [2.45, 2.75) is 29.2 Å². The molecule has 2 heterocycles. The highest BCUT2D eigenvalue weighted by Crippen LogP contribution is 2.41. The summed E-state index contributed by atoms with van der Waals surface area (Å²) in [5, 5.41) is 4.66. The lowest BCUT2D eigenvalue weighted by Gasteiger charge is -2.16. The largest absolute Gasteiger partial charge is 0.352 e. The normalized spacial score (nSPS) is 14.6. The summed E-state index contributed by atoms with van der Waals surface area (Å²) in [6, 6.07) is 22.7. The topological polar surface area (TPSA) is 54.9 Å². The number of carbonyl (C=O) groups excluding carboxylic acids is 1. The van der Waals surface area contributed by atoms with Crippen LogP contribution in [-0.2, 0) is 4.79 Å². The van der Waals surface area contributed by atoms with Gasteiger partial charge in [0.15, 0.2) is 0 Å². The van der Waals surface area contributed by atoms with E-state index in [1.165, 1.54) is 11.8 Å². The zero-order valence-corrected chi connectivity index (χ0v) is 17.2. The third kappa shape index (κ3) is 4.04. The summed E-state index contributed by atoms with van der Waals surface area (Å²) in [6.45, 7) is 0. The standard InChI is InChI=1S/C23H19N3OS2/c27-21(26-17-11-12-17)20(16-9-5-2-6-10-16)29-23-18-13-19(15-7-3-1-4-8-15)28-22(18)24-14-25-23/h1-10,13-14,17,20H,11-12H2,(H,26,27)/t20-/m1/s1. The minimum atomic E-state index is -0.338.